The number of benzene rings is 3. The Morgan fingerprint density at radius 1 is 1.00 bits per heavy atom. The second-order valence-corrected chi connectivity index (χ2v) is 9.33. The number of carbonyl (C=O) groups excluding carboxylic acids is 1. The average molecular weight is 459 g/mol. The number of hydrogen-bond acceptors (Lipinski definition) is 4. The zero-order valence-electron chi connectivity index (χ0n) is 17.4. The molecule has 1 amide bonds. The molecular weight excluding hydrogens is 436 g/mol. The standard InChI is InChI=1S/C23H23ClN2O4S/c1-16-4-11-21(12-5-16)31(28,29)26(19-7-9-20(30-3)10-8-19)15-23(27)25-22-13-6-18(24)14-17(22)2/h4-14H,15H2,1-3H3,(H,25,27). The third-order valence-corrected chi connectivity index (χ3v) is 6.74. The lowest BCUT2D eigenvalue weighted by Gasteiger charge is -2.24. The van der Waals surface area contributed by atoms with Gasteiger partial charge in [0, 0.05) is 10.7 Å². The summed E-state index contributed by atoms with van der Waals surface area (Å²) in [4.78, 5) is 12.9. The van der Waals surface area contributed by atoms with E-state index in [0.717, 1.165) is 15.4 Å². The van der Waals surface area contributed by atoms with Gasteiger partial charge in [0.05, 0.1) is 17.7 Å². The van der Waals surface area contributed by atoms with Gasteiger partial charge < -0.3 is 10.1 Å². The van der Waals surface area contributed by atoms with Gasteiger partial charge in [0.15, 0.2) is 0 Å². The normalized spacial score (nSPS) is 11.1. The van der Waals surface area contributed by atoms with Crippen LogP contribution in [0.2, 0.25) is 5.02 Å². The molecule has 0 aliphatic carbocycles. The van der Waals surface area contributed by atoms with Crippen molar-refractivity contribution in [3.05, 3.63) is 82.9 Å². The minimum Gasteiger partial charge on any atom is -0.497 e. The molecule has 3 aromatic rings. The van der Waals surface area contributed by atoms with E-state index in [2.05, 4.69) is 5.32 Å². The molecule has 3 aromatic carbocycles. The average Bonchev–Trinajstić information content (AvgIpc) is 2.74. The molecule has 0 bridgehead atoms. The Hall–Kier alpha value is -3.03. The Morgan fingerprint density at radius 3 is 2.23 bits per heavy atom. The number of sulfonamides is 1. The van der Waals surface area contributed by atoms with Gasteiger partial charge in [-0.25, -0.2) is 8.42 Å². The largest absolute Gasteiger partial charge is 0.497 e. The number of nitrogens with one attached hydrogen (secondary N) is 1. The van der Waals surface area contributed by atoms with Crippen LogP contribution in [0.4, 0.5) is 11.4 Å². The smallest absolute Gasteiger partial charge is 0.264 e. The van der Waals surface area contributed by atoms with Crippen LogP contribution in [0.15, 0.2) is 71.6 Å². The molecule has 162 valence electrons. The van der Waals surface area contributed by atoms with E-state index in [1.54, 1.807) is 54.6 Å². The number of ether oxygens (including phenoxy) is 1. The van der Waals surface area contributed by atoms with Gasteiger partial charge in [0.25, 0.3) is 10.0 Å². The van der Waals surface area contributed by atoms with Gasteiger partial charge in [-0.3, -0.25) is 9.10 Å². The first-order valence-electron chi connectivity index (χ1n) is 9.50. The molecule has 0 fully saturated rings. The maximum atomic E-state index is 13.4. The lowest BCUT2D eigenvalue weighted by Crippen LogP contribution is -2.38. The lowest BCUT2D eigenvalue weighted by atomic mass is 10.2. The van der Waals surface area contributed by atoms with E-state index in [9.17, 15) is 13.2 Å². The van der Waals surface area contributed by atoms with E-state index in [1.807, 2.05) is 13.8 Å². The molecule has 0 radical (unpaired) electrons. The molecule has 1 N–H and O–H groups in total. The third-order valence-electron chi connectivity index (χ3n) is 4.72. The molecule has 6 nitrogen and oxygen atoms in total. The van der Waals surface area contributed by atoms with Gasteiger partial charge in [-0.1, -0.05) is 29.3 Å². The lowest BCUT2D eigenvalue weighted by molar-refractivity contribution is -0.114. The van der Waals surface area contributed by atoms with Crippen molar-refractivity contribution < 1.29 is 17.9 Å². The minimum absolute atomic E-state index is 0.101. The number of anilines is 2. The van der Waals surface area contributed by atoms with Crippen molar-refractivity contribution in [1.82, 2.24) is 0 Å². The van der Waals surface area contributed by atoms with Crippen LogP contribution in [0.5, 0.6) is 5.75 Å². The predicted molar refractivity (Wildman–Crippen MR) is 124 cm³/mol. The van der Waals surface area contributed by atoms with Crippen molar-refractivity contribution in [2.75, 3.05) is 23.3 Å². The first-order valence-corrected chi connectivity index (χ1v) is 11.3. The van der Waals surface area contributed by atoms with Crippen LogP contribution >= 0.6 is 11.6 Å². The SMILES string of the molecule is COc1ccc(N(CC(=O)Nc2ccc(Cl)cc2C)S(=O)(=O)c2ccc(C)cc2)cc1. The van der Waals surface area contributed by atoms with Gasteiger partial charge in [0.1, 0.15) is 12.3 Å². The summed E-state index contributed by atoms with van der Waals surface area (Å²) in [5.41, 5.74) is 2.63. The second kappa shape index (κ2) is 9.41. The Kier molecular flexibility index (Phi) is 6.87. The summed E-state index contributed by atoms with van der Waals surface area (Å²) in [6.45, 7) is 3.29. The monoisotopic (exact) mass is 458 g/mol. The van der Waals surface area contributed by atoms with E-state index >= 15 is 0 Å². The van der Waals surface area contributed by atoms with Gasteiger partial charge in [-0.15, -0.1) is 0 Å². The number of nitrogens with zero attached hydrogens (tertiary/aromatic N) is 1. The van der Waals surface area contributed by atoms with Crippen LogP contribution in [-0.4, -0.2) is 28.0 Å². The van der Waals surface area contributed by atoms with Crippen LogP contribution in [0, 0.1) is 13.8 Å². The van der Waals surface area contributed by atoms with Crippen molar-refractivity contribution in [2.45, 2.75) is 18.7 Å². The zero-order valence-corrected chi connectivity index (χ0v) is 19.0. The minimum atomic E-state index is -3.98. The van der Waals surface area contributed by atoms with Crippen LogP contribution in [0.3, 0.4) is 0 Å². The number of carbonyl (C=O) groups is 1. The van der Waals surface area contributed by atoms with E-state index in [1.165, 1.54) is 19.2 Å². The molecule has 0 heterocycles. The summed E-state index contributed by atoms with van der Waals surface area (Å²) in [5.74, 6) is 0.106. The van der Waals surface area contributed by atoms with Crippen LogP contribution in [0.1, 0.15) is 11.1 Å². The second-order valence-electron chi connectivity index (χ2n) is 7.03. The first kappa shape index (κ1) is 22.7. The van der Waals surface area contributed by atoms with Crippen LogP contribution in [0.25, 0.3) is 0 Å². The molecule has 0 spiro atoms. The van der Waals surface area contributed by atoms with Gasteiger partial charge in [-0.05, 0) is 74.0 Å². The van der Waals surface area contributed by atoms with Crippen LogP contribution < -0.4 is 14.4 Å². The Bertz CT molecular complexity index is 1180. The zero-order chi connectivity index (χ0) is 22.6. The predicted octanol–water partition coefficient (Wildman–Crippen LogP) is 4.80. The number of halogens is 1. The summed E-state index contributed by atoms with van der Waals surface area (Å²) in [7, 11) is -2.46. The molecule has 0 unspecified atom stereocenters. The van der Waals surface area contributed by atoms with Crippen molar-refractivity contribution >= 4 is 38.9 Å². The Labute approximate surface area is 187 Å². The topological polar surface area (TPSA) is 75.7 Å². The van der Waals surface area contributed by atoms with Crippen molar-refractivity contribution in [1.29, 1.82) is 0 Å². The van der Waals surface area contributed by atoms with Crippen molar-refractivity contribution in [3.63, 3.8) is 0 Å². The highest BCUT2D eigenvalue weighted by Gasteiger charge is 2.27. The molecule has 8 heteroatoms. The third kappa shape index (κ3) is 5.37. The fourth-order valence-electron chi connectivity index (χ4n) is 2.99. The van der Waals surface area contributed by atoms with Gasteiger partial charge in [-0.2, -0.15) is 0 Å². The van der Waals surface area contributed by atoms with Crippen LogP contribution in [-0.2, 0) is 14.8 Å². The number of methoxy groups -OCH3 is 1. The Balaban J connectivity index is 1.94. The first-order chi connectivity index (χ1) is 14.7. The summed E-state index contributed by atoms with van der Waals surface area (Å²) in [6.07, 6.45) is 0. The fraction of sp³-hybridized carbons (Fsp3) is 0.174. The molecule has 0 atom stereocenters. The maximum absolute atomic E-state index is 13.4. The quantitative estimate of drug-likeness (QED) is 0.551. The molecule has 0 aliphatic rings. The highest BCUT2D eigenvalue weighted by Crippen LogP contribution is 2.26. The molecule has 0 aromatic heterocycles. The fourth-order valence-corrected chi connectivity index (χ4v) is 4.64. The van der Waals surface area contributed by atoms with Gasteiger partial charge in [0.2, 0.25) is 5.91 Å². The summed E-state index contributed by atoms with van der Waals surface area (Å²) in [5, 5.41) is 3.32. The Morgan fingerprint density at radius 2 is 1.65 bits per heavy atom. The molecule has 0 saturated heterocycles. The molecule has 31 heavy (non-hydrogen) atoms. The van der Waals surface area contributed by atoms with Gasteiger partial charge >= 0.3 is 0 Å². The maximum Gasteiger partial charge on any atom is 0.264 e. The molecular formula is C23H23ClN2O4S. The van der Waals surface area contributed by atoms with E-state index in [-0.39, 0.29) is 4.90 Å². The summed E-state index contributed by atoms with van der Waals surface area (Å²) < 4.78 is 33.0. The molecule has 0 saturated carbocycles. The molecule has 0 aliphatic heterocycles. The summed E-state index contributed by atoms with van der Waals surface area (Å²) in [6, 6.07) is 18.1. The molecule has 3 rings (SSSR count). The highest BCUT2D eigenvalue weighted by atomic mass is 35.5. The van der Waals surface area contributed by atoms with Crippen molar-refractivity contribution in [2.24, 2.45) is 0 Å². The van der Waals surface area contributed by atoms with E-state index < -0.39 is 22.5 Å². The highest BCUT2D eigenvalue weighted by molar-refractivity contribution is 7.92. The number of rotatable bonds is 7. The van der Waals surface area contributed by atoms with E-state index in [4.69, 9.17) is 16.3 Å². The van der Waals surface area contributed by atoms with Crippen molar-refractivity contribution in [3.8, 4) is 5.75 Å². The number of hydrogen-bond donors (Lipinski definition) is 1. The number of aryl methyl sites for hydroxylation is 2. The van der Waals surface area contributed by atoms with E-state index in [0.29, 0.717) is 22.1 Å². The number of amides is 1. The summed E-state index contributed by atoms with van der Waals surface area (Å²) >= 11 is 5.97.